The molecule has 1 heterocycles. The molecule has 1 aliphatic rings. The lowest BCUT2D eigenvalue weighted by Crippen LogP contribution is -2.10. The summed E-state index contributed by atoms with van der Waals surface area (Å²) in [6, 6.07) is 2.33. The van der Waals surface area contributed by atoms with Gasteiger partial charge < -0.3 is 5.73 Å². The molecule has 1 aromatic heterocycles. The zero-order valence-corrected chi connectivity index (χ0v) is 11.3. The van der Waals surface area contributed by atoms with Gasteiger partial charge in [-0.1, -0.05) is 25.7 Å². The maximum absolute atomic E-state index is 6.20. The highest BCUT2D eigenvalue weighted by atomic mass is 79.9. The summed E-state index contributed by atoms with van der Waals surface area (Å²) in [4.78, 5) is 1.31. The molecule has 1 saturated carbocycles. The van der Waals surface area contributed by atoms with Crippen molar-refractivity contribution in [3.63, 3.8) is 0 Å². The molecule has 1 aromatic rings. The normalized spacial score (nSPS) is 19.6. The minimum absolute atomic E-state index is 0.236. The summed E-state index contributed by atoms with van der Waals surface area (Å²) >= 11 is 5.32. The zero-order chi connectivity index (χ0) is 10.7. The topological polar surface area (TPSA) is 26.0 Å². The van der Waals surface area contributed by atoms with E-state index in [-0.39, 0.29) is 6.04 Å². The Labute approximate surface area is 104 Å². The SMILES string of the molecule is NC(CCC1CCCC1)c1sccc1Br. The Morgan fingerprint density at radius 1 is 1.47 bits per heavy atom. The van der Waals surface area contributed by atoms with Gasteiger partial charge in [-0.2, -0.15) is 0 Å². The highest BCUT2D eigenvalue weighted by Gasteiger charge is 2.17. The van der Waals surface area contributed by atoms with Crippen molar-refractivity contribution in [3.8, 4) is 0 Å². The summed E-state index contributed by atoms with van der Waals surface area (Å²) in [6.07, 6.45) is 8.18. The first-order valence-electron chi connectivity index (χ1n) is 5.76. The lowest BCUT2D eigenvalue weighted by molar-refractivity contribution is 0.456. The third-order valence-electron chi connectivity index (χ3n) is 3.34. The third-order valence-corrected chi connectivity index (χ3v) is 5.34. The summed E-state index contributed by atoms with van der Waals surface area (Å²) < 4.78 is 1.19. The van der Waals surface area contributed by atoms with E-state index < -0.39 is 0 Å². The van der Waals surface area contributed by atoms with Crippen molar-refractivity contribution in [1.29, 1.82) is 0 Å². The van der Waals surface area contributed by atoms with E-state index in [1.54, 1.807) is 11.3 Å². The first-order valence-corrected chi connectivity index (χ1v) is 7.43. The molecule has 1 atom stereocenters. The molecule has 0 amide bonds. The molecule has 1 nitrogen and oxygen atoms in total. The number of hydrogen-bond donors (Lipinski definition) is 1. The van der Waals surface area contributed by atoms with E-state index in [1.807, 2.05) is 0 Å². The fraction of sp³-hybridized carbons (Fsp3) is 0.667. The Balaban J connectivity index is 1.81. The fourth-order valence-electron chi connectivity index (χ4n) is 2.42. The van der Waals surface area contributed by atoms with Crippen LogP contribution in [0.3, 0.4) is 0 Å². The lowest BCUT2D eigenvalue weighted by Gasteiger charge is -2.13. The second-order valence-electron chi connectivity index (χ2n) is 4.47. The molecular weight excluding hydrogens is 270 g/mol. The standard InChI is InChI=1S/C12H18BrNS/c13-10-7-8-15-12(10)11(14)6-5-9-3-1-2-4-9/h7-9,11H,1-6,14H2. The Morgan fingerprint density at radius 2 is 2.20 bits per heavy atom. The van der Waals surface area contributed by atoms with Crippen molar-refractivity contribution < 1.29 is 0 Å². The van der Waals surface area contributed by atoms with Crippen molar-refractivity contribution in [2.75, 3.05) is 0 Å². The summed E-state index contributed by atoms with van der Waals surface area (Å²) in [7, 11) is 0. The van der Waals surface area contributed by atoms with Gasteiger partial charge in [-0.15, -0.1) is 11.3 Å². The van der Waals surface area contributed by atoms with Crippen LogP contribution in [0, 0.1) is 5.92 Å². The quantitative estimate of drug-likeness (QED) is 0.868. The van der Waals surface area contributed by atoms with Gasteiger partial charge >= 0.3 is 0 Å². The molecule has 1 unspecified atom stereocenters. The Hall–Kier alpha value is 0.140. The van der Waals surface area contributed by atoms with Gasteiger partial charge in [-0.3, -0.25) is 0 Å². The molecule has 3 heteroatoms. The summed E-state index contributed by atoms with van der Waals surface area (Å²) in [5.74, 6) is 0.954. The van der Waals surface area contributed by atoms with E-state index in [0.717, 1.165) is 12.3 Å². The largest absolute Gasteiger partial charge is 0.323 e. The van der Waals surface area contributed by atoms with Crippen LogP contribution in [0.1, 0.15) is 49.4 Å². The smallest absolute Gasteiger partial charge is 0.0401 e. The van der Waals surface area contributed by atoms with Crippen LogP contribution in [-0.4, -0.2) is 0 Å². The van der Waals surface area contributed by atoms with Crippen LogP contribution in [0.5, 0.6) is 0 Å². The number of halogens is 1. The minimum Gasteiger partial charge on any atom is -0.323 e. The van der Waals surface area contributed by atoms with Crippen molar-refractivity contribution in [2.45, 2.75) is 44.6 Å². The van der Waals surface area contributed by atoms with Crippen LogP contribution in [-0.2, 0) is 0 Å². The molecule has 0 aromatic carbocycles. The predicted octanol–water partition coefficient (Wildman–Crippen LogP) is 4.48. The number of thiophene rings is 1. The monoisotopic (exact) mass is 287 g/mol. The van der Waals surface area contributed by atoms with E-state index in [0.29, 0.717) is 0 Å². The fourth-order valence-corrected chi connectivity index (χ4v) is 4.12. The molecule has 0 saturated heterocycles. The van der Waals surface area contributed by atoms with Crippen molar-refractivity contribution >= 4 is 27.3 Å². The molecule has 0 bridgehead atoms. The molecule has 0 spiro atoms. The minimum atomic E-state index is 0.236. The molecule has 84 valence electrons. The van der Waals surface area contributed by atoms with Crippen LogP contribution in [0.15, 0.2) is 15.9 Å². The molecule has 15 heavy (non-hydrogen) atoms. The van der Waals surface area contributed by atoms with E-state index in [9.17, 15) is 0 Å². The van der Waals surface area contributed by atoms with Gasteiger partial charge in [-0.25, -0.2) is 0 Å². The molecular formula is C12H18BrNS. The van der Waals surface area contributed by atoms with Gasteiger partial charge in [-0.05, 0) is 46.1 Å². The Kier molecular flexibility index (Phi) is 4.23. The van der Waals surface area contributed by atoms with Crippen molar-refractivity contribution in [2.24, 2.45) is 11.7 Å². The average molecular weight is 288 g/mol. The van der Waals surface area contributed by atoms with Gasteiger partial charge in [0, 0.05) is 15.4 Å². The second kappa shape index (κ2) is 5.46. The summed E-state index contributed by atoms with van der Waals surface area (Å²) in [6.45, 7) is 0. The number of hydrogen-bond acceptors (Lipinski definition) is 2. The zero-order valence-electron chi connectivity index (χ0n) is 8.92. The van der Waals surface area contributed by atoms with Crippen molar-refractivity contribution in [3.05, 3.63) is 20.8 Å². The van der Waals surface area contributed by atoms with Crippen LogP contribution in [0.25, 0.3) is 0 Å². The molecule has 1 aliphatic carbocycles. The summed E-state index contributed by atoms with van der Waals surface area (Å²) in [5.41, 5.74) is 6.20. The summed E-state index contributed by atoms with van der Waals surface area (Å²) in [5, 5.41) is 2.11. The van der Waals surface area contributed by atoms with Gasteiger partial charge in [0.2, 0.25) is 0 Å². The van der Waals surface area contributed by atoms with E-state index in [1.165, 1.54) is 41.5 Å². The molecule has 0 radical (unpaired) electrons. The predicted molar refractivity (Wildman–Crippen MR) is 70.1 cm³/mol. The third kappa shape index (κ3) is 3.05. The van der Waals surface area contributed by atoms with Crippen LogP contribution in [0.2, 0.25) is 0 Å². The lowest BCUT2D eigenvalue weighted by atomic mass is 9.98. The van der Waals surface area contributed by atoms with E-state index in [4.69, 9.17) is 5.73 Å². The molecule has 2 rings (SSSR count). The molecule has 2 N–H and O–H groups in total. The maximum Gasteiger partial charge on any atom is 0.0401 e. The second-order valence-corrected chi connectivity index (χ2v) is 6.27. The van der Waals surface area contributed by atoms with Crippen molar-refractivity contribution in [1.82, 2.24) is 0 Å². The first-order chi connectivity index (χ1) is 7.27. The Bertz CT molecular complexity index is 304. The van der Waals surface area contributed by atoms with Gasteiger partial charge in [0.15, 0.2) is 0 Å². The van der Waals surface area contributed by atoms with Gasteiger partial charge in [0.05, 0.1) is 0 Å². The van der Waals surface area contributed by atoms with Crippen LogP contribution in [0.4, 0.5) is 0 Å². The van der Waals surface area contributed by atoms with Crippen LogP contribution >= 0.6 is 27.3 Å². The van der Waals surface area contributed by atoms with E-state index in [2.05, 4.69) is 27.4 Å². The van der Waals surface area contributed by atoms with Gasteiger partial charge in [0.1, 0.15) is 0 Å². The maximum atomic E-state index is 6.20. The molecule has 1 fully saturated rings. The van der Waals surface area contributed by atoms with E-state index >= 15 is 0 Å². The van der Waals surface area contributed by atoms with Gasteiger partial charge in [0.25, 0.3) is 0 Å². The number of rotatable bonds is 4. The Morgan fingerprint density at radius 3 is 2.80 bits per heavy atom. The molecule has 0 aliphatic heterocycles. The highest BCUT2D eigenvalue weighted by molar-refractivity contribution is 9.10. The van der Waals surface area contributed by atoms with Crippen LogP contribution < -0.4 is 5.73 Å². The number of nitrogens with two attached hydrogens (primary N) is 1. The first kappa shape index (κ1) is 11.6. The average Bonchev–Trinajstić information content (AvgIpc) is 2.84. The highest BCUT2D eigenvalue weighted by Crippen LogP contribution is 2.34.